The predicted molar refractivity (Wildman–Crippen MR) is 83.1 cm³/mol. The van der Waals surface area contributed by atoms with Crippen molar-refractivity contribution in [2.75, 3.05) is 17.2 Å². The Morgan fingerprint density at radius 1 is 1.44 bits per heavy atom. The highest BCUT2D eigenvalue weighted by Gasteiger charge is 2.31. The van der Waals surface area contributed by atoms with Gasteiger partial charge in [-0.05, 0) is 25.0 Å². The van der Waals surface area contributed by atoms with Crippen LogP contribution in [0.4, 0.5) is 5.82 Å². The molecule has 0 saturated carbocycles. The van der Waals surface area contributed by atoms with Crippen LogP contribution in [0, 0.1) is 6.92 Å². The van der Waals surface area contributed by atoms with E-state index in [4.69, 9.17) is 11.5 Å². The van der Waals surface area contributed by atoms with E-state index in [2.05, 4.69) is 18.0 Å². The molecule has 1 saturated heterocycles. The summed E-state index contributed by atoms with van der Waals surface area (Å²) in [5, 5.41) is 1.07. The fourth-order valence-electron chi connectivity index (χ4n) is 2.32. The Morgan fingerprint density at radius 2 is 2.17 bits per heavy atom. The maximum Gasteiger partial charge on any atom is 0.128 e. The van der Waals surface area contributed by atoms with E-state index in [1.807, 2.05) is 30.4 Å². The molecule has 1 fully saturated rings. The first-order chi connectivity index (χ1) is 8.63. The maximum absolute atomic E-state index is 6.45. The number of thioether (sulfide) groups is 2. The Bertz CT molecular complexity index is 411. The van der Waals surface area contributed by atoms with Crippen molar-refractivity contribution in [2.45, 2.75) is 36.8 Å². The minimum absolute atomic E-state index is 0.0138. The number of hydrogen-bond acceptors (Lipinski definition) is 5. The average molecular weight is 283 g/mol. The molecule has 0 aliphatic carbocycles. The second-order valence-corrected chi connectivity index (χ2v) is 7.30. The fourth-order valence-corrected chi connectivity index (χ4v) is 5.49. The van der Waals surface area contributed by atoms with E-state index in [-0.39, 0.29) is 6.04 Å². The normalized spacial score (nSPS) is 25.9. The van der Waals surface area contributed by atoms with Crippen LogP contribution in [-0.2, 0) is 0 Å². The second kappa shape index (κ2) is 6.17. The van der Waals surface area contributed by atoms with Crippen LogP contribution in [0.3, 0.4) is 0 Å². The summed E-state index contributed by atoms with van der Waals surface area (Å²) in [5.74, 6) is 2.99. The van der Waals surface area contributed by atoms with Crippen LogP contribution in [0.15, 0.2) is 12.3 Å². The van der Waals surface area contributed by atoms with Crippen molar-refractivity contribution in [3.05, 3.63) is 23.4 Å². The van der Waals surface area contributed by atoms with Crippen LogP contribution in [-0.4, -0.2) is 27.0 Å². The number of aromatic nitrogens is 1. The van der Waals surface area contributed by atoms with Gasteiger partial charge in [-0.3, -0.25) is 0 Å². The molecule has 0 bridgehead atoms. The summed E-state index contributed by atoms with van der Waals surface area (Å²) < 4.78 is 0. The zero-order valence-corrected chi connectivity index (χ0v) is 12.6. The number of pyridine rings is 1. The van der Waals surface area contributed by atoms with Crippen molar-refractivity contribution < 1.29 is 0 Å². The van der Waals surface area contributed by atoms with Crippen LogP contribution in [0.25, 0.3) is 0 Å². The number of nitrogens with two attached hydrogens (primary N) is 2. The molecule has 1 aromatic heterocycles. The first kappa shape index (κ1) is 14.0. The molecule has 1 aromatic rings. The average Bonchev–Trinajstić information content (AvgIpc) is 2.40. The summed E-state index contributed by atoms with van der Waals surface area (Å²) >= 11 is 4.03. The second-order valence-electron chi connectivity index (χ2n) is 4.67. The molecule has 3 nitrogen and oxygen atoms in total. The van der Waals surface area contributed by atoms with E-state index >= 15 is 0 Å². The van der Waals surface area contributed by atoms with Gasteiger partial charge < -0.3 is 11.5 Å². The highest BCUT2D eigenvalue weighted by Crippen LogP contribution is 2.40. The molecule has 0 radical (unpaired) electrons. The van der Waals surface area contributed by atoms with E-state index < -0.39 is 0 Å². The SMILES string of the molecule is CCC1SCCSC1C(N)c1cc(C)cnc1N. The molecule has 2 heterocycles. The van der Waals surface area contributed by atoms with Crippen molar-refractivity contribution in [1.82, 2.24) is 4.98 Å². The van der Waals surface area contributed by atoms with E-state index in [0.29, 0.717) is 16.3 Å². The van der Waals surface area contributed by atoms with Gasteiger partial charge in [0.15, 0.2) is 0 Å². The van der Waals surface area contributed by atoms with Gasteiger partial charge in [0.2, 0.25) is 0 Å². The summed E-state index contributed by atoms with van der Waals surface area (Å²) in [6, 6.07) is 2.07. The Morgan fingerprint density at radius 3 is 2.89 bits per heavy atom. The van der Waals surface area contributed by atoms with Gasteiger partial charge in [-0.1, -0.05) is 6.92 Å². The molecule has 4 N–H and O–H groups in total. The van der Waals surface area contributed by atoms with Crippen LogP contribution in [0.1, 0.15) is 30.5 Å². The van der Waals surface area contributed by atoms with Crippen LogP contribution in [0.5, 0.6) is 0 Å². The van der Waals surface area contributed by atoms with Gasteiger partial charge in [0.1, 0.15) is 5.82 Å². The van der Waals surface area contributed by atoms with E-state index in [9.17, 15) is 0 Å². The summed E-state index contributed by atoms with van der Waals surface area (Å²) in [7, 11) is 0. The van der Waals surface area contributed by atoms with Crippen molar-refractivity contribution in [3.8, 4) is 0 Å². The lowest BCUT2D eigenvalue weighted by Gasteiger charge is -2.34. The third kappa shape index (κ3) is 2.95. The molecular weight excluding hydrogens is 262 g/mol. The first-order valence-corrected chi connectivity index (χ1v) is 8.44. The lowest BCUT2D eigenvalue weighted by molar-refractivity contribution is 0.630. The van der Waals surface area contributed by atoms with Gasteiger partial charge in [-0.25, -0.2) is 4.98 Å². The van der Waals surface area contributed by atoms with Crippen LogP contribution >= 0.6 is 23.5 Å². The molecular formula is C13H21N3S2. The largest absolute Gasteiger partial charge is 0.383 e. The zero-order chi connectivity index (χ0) is 13.1. The molecule has 2 rings (SSSR count). The third-order valence-electron chi connectivity index (χ3n) is 3.29. The smallest absolute Gasteiger partial charge is 0.128 e. The van der Waals surface area contributed by atoms with E-state index in [1.165, 1.54) is 11.5 Å². The van der Waals surface area contributed by atoms with Crippen LogP contribution in [0.2, 0.25) is 0 Å². The van der Waals surface area contributed by atoms with Crippen molar-refractivity contribution in [2.24, 2.45) is 5.73 Å². The lowest BCUT2D eigenvalue weighted by atomic mass is 10.0. The van der Waals surface area contributed by atoms with E-state index in [1.54, 1.807) is 6.20 Å². The van der Waals surface area contributed by atoms with Gasteiger partial charge in [-0.2, -0.15) is 23.5 Å². The monoisotopic (exact) mass is 283 g/mol. The Kier molecular flexibility index (Phi) is 4.81. The molecule has 3 unspecified atom stereocenters. The molecule has 0 amide bonds. The molecule has 18 heavy (non-hydrogen) atoms. The molecule has 0 aromatic carbocycles. The Hall–Kier alpha value is -0.390. The van der Waals surface area contributed by atoms with Gasteiger partial charge in [0.25, 0.3) is 0 Å². The molecule has 1 aliphatic rings. The quantitative estimate of drug-likeness (QED) is 0.892. The summed E-state index contributed by atoms with van der Waals surface area (Å²) in [5.41, 5.74) is 14.6. The fraction of sp³-hybridized carbons (Fsp3) is 0.615. The number of aryl methyl sites for hydroxylation is 1. The Labute approximate surface area is 117 Å². The summed E-state index contributed by atoms with van der Waals surface area (Å²) in [6.45, 7) is 4.27. The standard InChI is InChI=1S/C13H21N3S2/c1-3-10-12(18-5-4-17-10)11(14)9-6-8(2)7-16-13(9)15/h6-7,10-12H,3-5,14H2,1-2H3,(H2,15,16). The number of rotatable bonds is 3. The Balaban J connectivity index is 2.23. The minimum atomic E-state index is -0.0138. The lowest BCUT2D eigenvalue weighted by Crippen LogP contribution is -2.36. The molecule has 100 valence electrons. The predicted octanol–water partition coefficient (Wildman–Crippen LogP) is 2.60. The van der Waals surface area contributed by atoms with Gasteiger partial charge in [0.05, 0.1) is 0 Å². The molecule has 0 spiro atoms. The third-order valence-corrected chi connectivity index (χ3v) is 6.67. The van der Waals surface area contributed by atoms with Crippen molar-refractivity contribution in [1.29, 1.82) is 0 Å². The van der Waals surface area contributed by atoms with Gasteiger partial charge >= 0.3 is 0 Å². The first-order valence-electron chi connectivity index (χ1n) is 6.34. The van der Waals surface area contributed by atoms with Gasteiger partial charge in [0, 0.05) is 39.8 Å². The molecule has 3 atom stereocenters. The van der Waals surface area contributed by atoms with Crippen molar-refractivity contribution >= 4 is 29.3 Å². The number of hydrogen-bond donors (Lipinski definition) is 2. The number of nitrogen functional groups attached to an aromatic ring is 1. The maximum atomic E-state index is 6.45. The summed E-state index contributed by atoms with van der Waals surface area (Å²) in [6.07, 6.45) is 2.96. The minimum Gasteiger partial charge on any atom is -0.383 e. The molecule has 5 heteroatoms. The van der Waals surface area contributed by atoms with Crippen molar-refractivity contribution in [3.63, 3.8) is 0 Å². The highest BCUT2D eigenvalue weighted by atomic mass is 32.2. The van der Waals surface area contributed by atoms with Gasteiger partial charge in [-0.15, -0.1) is 0 Å². The summed E-state index contributed by atoms with van der Waals surface area (Å²) in [4.78, 5) is 4.23. The van der Waals surface area contributed by atoms with E-state index in [0.717, 1.165) is 17.5 Å². The van der Waals surface area contributed by atoms with Crippen LogP contribution < -0.4 is 11.5 Å². The zero-order valence-electron chi connectivity index (χ0n) is 10.9. The molecule has 1 aliphatic heterocycles. The topological polar surface area (TPSA) is 64.9 Å². The number of nitrogens with zero attached hydrogens (tertiary/aromatic N) is 1. The number of anilines is 1. The highest BCUT2D eigenvalue weighted by molar-refractivity contribution is 8.07.